The van der Waals surface area contributed by atoms with E-state index in [1.165, 1.54) is 6.07 Å². The molecule has 17 heavy (non-hydrogen) atoms. The van der Waals surface area contributed by atoms with E-state index in [9.17, 15) is 22.4 Å². The molecule has 1 heterocycles. The van der Waals surface area contributed by atoms with E-state index in [1.807, 2.05) is 0 Å². The first-order valence-electron chi connectivity index (χ1n) is 4.70. The van der Waals surface area contributed by atoms with Gasteiger partial charge in [-0.15, -0.1) is 0 Å². The zero-order valence-electron chi connectivity index (χ0n) is 8.65. The number of halogens is 4. The molecule has 0 saturated carbocycles. The lowest BCUT2D eigenvalue weighted by molar-refractivity contribution is -0.0884. The van der Waals surface area contributed by atoms with Crippen molar-refractivity contribution in [3.8, 4) is 0 Å². The summed E-state index contributed by atoms with van der Waals surface area (Å²) in [6, 6.07) is 2.47. The minimum atomic E-state index is -5.01. The number of aromatic amines is 1. The number of nitrogens with one attached hydrogen (secondary N) is 1. The average molecular weight is 245 g/mol. The zero-order valence-corrected chi connectivity index (χ0v) is 8.65. The van der Waals surface area contributed by atoms with Crippen LogP contribution < -0.4 is 0 Å². The average Bonchev–Trinajstić information content (AvgIpc) is 2.66. The van der Waals surface area contributed by atoms with Gasteiger partial charge in [0.25, 0.3) is 5.78 Å². The fraction of sp³-hybridized carbons (Fsp3) is 0.182. The number of fused-ring (bicyclic) bond motifs is 1. The van der Waals surface area contributed by atoms with E-state index in [4.69, 9.17) is 0 Å². The number of aryl methyl sites for hydroxylation is 1. The molecular weight excluding hydrogens is 238 g/mol. The molecular formula is C11H7F4NO. The lowest BCUT2D eigenvalue weighted by Crippen LogP contribution is -2.22. The van der Waals surface area contributed by atoms with Crippen LogP contribution in [0.25, 0.3) is 10.9 Å². The Kier molecular flexibility index (Phi) is 2.45. The minimum absolute atomic E-state index is 0.206. The third-order valence-electron chi connectivity index (χ3n) is 2.50. The van der Waals surface area contributed by atoms with Gasteiger partial charge in [-0.05, 0) is 18.6 Å². The Bertz CT molecular complexity index is 597. The predicted octanol–water partition coefficient (Wildman–Crippen LogP) is 3.36. The summed E-state index contributed by atoms with van der Waals surface area (Å²) in [6.45, 7) is 1.61. The van der Waals surface area contributed by atoms with E-state index in [0.717, 1.165) is 12.3 Å². The molecule has 6 heteroatoms. The number of H-pyrrole nitrogens is 1. The van der Waals surface area contributed by atoms with Crippen molar-refractivity contribution in [3.05, 3.63) is 35.3 Å². The van der Waals surface area contributed by atoms with Crippen LogP contribution in [0, 0.1) is 12.7 Å². The van der Waals surface area contributed by atoms with Gasteiger partial charge in [-0.2, -0.15) is 13.2 Å². The highest BCUT2D eigenvalue weighted by molar-refractivity contribution is 6.11. The molecule has 1 aromatic carbocycles. The standard InChI is InChI=1S/C11H7F4NO/c1-5-2-3-7(12)8-6(4-16-9(5)8)10(17)11(13,14)15/h2-4,16H,1H3. The fourth-order valence-corrected chi connectivity index (χ4v) is 1.68. The van der Waals surface area contributed by atoms with Crippen LogP contribution in [-0.2, 0) is 0 Å². The normalized spacial score (nSPS) is 12.1. The van der Waals surface area contributed by atoms with E-state index < -0.39 is 23.3 Å². The summed E-state index contributed by atoms with van der Waals surface area (Å²) in [5, 5.41) is -0.313. The van der Waals surface area contributed by atoms with Crippen LogP contribution in [0.3, 0.4) is 0 Å². The van der Waals surface area contributed by atoms with Gasteiger partial charge in [0.2, 0.25) is 0 Å². The van der Waals surface area contributed by atoms with Gasteiger partial charge in [0, 0.05) is 11.6 Å². The zero-order chi connectivity index (χ0) is 12.8. The van der Waals surface area contributed by atoms with E-state index in [1.54, 1.807) is 6.92 Å². The Hall–Kier alpha value is -1.85. The molecule has 0 atom stereocenters. The maximum atomic E-state index is 13.5. The lowest BCUT2D eigenvalue weighted by atomic mass is 10.1. The Morgan fingerprint density at radius 3 is 2.53 bits per heavy atom. The van der Waals surface area contributed by atoms with Crippen molar-refractivity contribution in [2.24, 2.45) is 0 Å². The number of hydrogen-bond donors (Lipinski definition) is 1. The maximum Gasteiger partial charge on any atom is 0.454 e. The number of carbonyl (C=O) groups is 1. The second-order valence-corrected chi connectivity index (χ2v) is 3.64. The molecule has 2 nitrogen and oxygen atoms in total. The molecule has 0 aliphatic rings. The first kappa shape index (κ1) is 11.6. The SMILES string of the molecule is Cc1ccc(F)c2c(C(=O)C(F)(F)F)c[nH]c12. The molecule has 0 amide bonds. The molecule has 0 saturated heterocycles. The van der Waals surface area contributed by atoms with Gasteiger partial charge in [-0.1, -0.05) is 6.07 Å². The molecule has 0 fully saturated rings. The van der Waals surface area contributed by atoms with Crippen molar-refractivity contribution in [2.45, 2.75) is 13.1 Å². The third kappa shape index (κ3) is 1.79. The van der Waals surface area contributed by atoms with Gasteiger partial charge in [0.05, 0.1) is 11.1 Å². The Morgan fingerprint density at radius 1 is 1.29 bits per heavy atom. The summed E-state index contributed by atoms with van der Waals surface area (Å²) in [5.41, 5.74) is 0.0916. The Labute approximate surface area is 93.2 Å². The molecule has 0 spiro atoms. The maximum absolute atomic E-state index is 13.5. The molecule has 0 aliphatic carbocycles. The second kappa shape index (κ2) is 3.58. The van der Waals surface area contributed by atoms with E-state index in [0.29, 0.717) is 5.56 Å². The van der Waals surface area contributed by atoms with Crippen LogP contribution in [0.5, 0.6) is 0 Å². The molecule has 0 aliphatic heterocycles. The highest BCUT2D eigenvalue weighted by atomic mass is 19.4. The predicted molar refractivity (Wildman–Crippen MR) is 53.4 cm³/mol. The third-order valence-corrected chi connectivity index (χ3v) is 2.50. The van der Waals surface area contributed by atoms with Crippen molar-refractivity contribution in [2.75, 3.05) is 0 Å². The molecule has 1 aromatic heterocycles. The highest BCUT2D eigenvalue weighted by Crippen LogP contribution is 2.29. The van der Waals surface area contributed by atoms with Crippen molar-refractivity contribution >= 4 is 16.7 Å². The molecule has 2 rings (SSSR count). The minimum Gasteiger partial charge on any atom is -0.360 e. The monoisotopic (exact) mass is 245 g/mol. The van der Waals surface area contributed by atoms with Crippen molar-refractivity contribution < 1.29 is 22.4 Å². The molecule has 2 aromatic rings. The number of ketones is 1. The van der Waals surface area contributed by atoms with Crippen LogP contribution in [0.15, 0.2) is 18.3 Å². The summed E-state index contributed by atoms with van der Waals surface area (Å²) in [4.78, 5) is 13.6. The highest BCUT2D eigenvalue weighted by Gasteiger charge is 2.41. The quantitative estimate of drug-likeness (QED) is 0.606. The summed E-state index contributed by atoms with van der Waals surface area (Å²) in [5.74, 6) is -2.90. The first-order valence-corrected chi connectivity index (χ1v) is 4.70. The smallest absolute Gasteiger partial charge is 0.360 e. The number of aromatic nitrogens is 1. The number of Topliss-reactive ketones (excluding diaryl/α,β-unsaturated/α-hetero) is 1. The van der Waals surface area contributed by atoms with Crippen LogP contribution in [-0.4, -0.2) is 16.9 Å². The lowest BCUT2D eigenvalue weighted by Gasteiger charge is -2.04. The van der Waals surface area contributed by atoms with Gasteiger partial charge in [0.15, 0.2) is 0 Å². The molecule has 0 radical (unpaired) electrons. The molecule has 0 bridgehead atoms. The molecule has 90 valence electrons. The van der Waals surface area contributed by atoms with E-state index >= 15 is 0 Å². The largest absolute Gasteiger partial charge is 0.454 e. The van der Waals surface area contributed by atoms with Crippen molar-refractivity contribution in [1.82, 2.24) is 4.98 Å². The second-order valence-electron chi connectivity index (χ2n) is 3.64. The first-order chi connectivity index (χ1) is 7.82. The Morgan fingerprint density at radius 2 is 1.94 bits per heavy atom. The summed E-state index contributed by atoms with van der Waals surface area (Å²) >= 11 is 0. The molecule has 1 N–H and O–H groups in total. The summed E-state index contributed by atoms with van der Waals surface area (Å²) < 4.78 is 50.3. The van der Waals surface area contributed by atoms with Gasteiger partial charge in [-0.3, -0.25) is 4.79 Å². The van der Waals surface area contributed by atoms with E-state index in [2.05, 4.69) is 4.98 Å². The Balaban J connectivity index is 2.73. The van der Waals surface area contributed by atoms with Crippen molar-refractivity contribution in [1.29, 1.82) is 0 Å². The summed E-state index contributed by atoms with van der Waals surface area (Å²) in [6.07, 6.45) is -4.12. The number of alkyl halides is 3. The summed E-state index contributed by atoms with van der Waals surface area (Å²) in [7, 11) is 0. The van der Waals surface area contributed by atoms with Gasteiger partial charge in [-0.25, -0.2) is 4.39 Å². The van der Waals surface area contributed by atoms with Crippen LogP contribution in [0.4, 0.5) is 17.6 Å². The van der Waals surface area contributed by atoms with Crippen molar-refractivity contribution in [3.63, 3.8) is 0 Å². The number of carbonyl (C=O) groups excluding carboxylic acids is 1. The van der Waals surface area contributed by atoms with Crippen LogP contribution >= 0.6 is 0 Å². The van der Waals surface area contributed by atoms with Crippen LogP contribution in [0.2, 0.25) is 0 Å². The number of hydrogen-bond acceptors (Lipinski definition) is 1. The van der Waals surface area contributed by atoms with Crippen LogP contribution in [0.1, 0.15) is 15.9 Å². The van der Waals surface area contributed by atoms with Gasteiger partial charge < -0.3 is 4.98 Å². The fourth-order valence-electron chi connectivity index (χ4n) is 1.68. The number of benzene rings is 1. The van der Waals surface area contributed by atoms with E-state index in [-0.39, 0.29) is 10.9 Å². The van der Waals surface area contributed by atoms with Gasteiger partial charge in [0.1, 0.15) is 5.82 Å². The molecule has 0 unspecified atom stereocenters. The number of rotatable bonds is 1. The van der Waals surface area contributed by atoms with Gasteiger partial charge >= 0.3 is 6.18 Å². The topological polar surface area (TPSA) is 32.9 Å².